The van der Waals surface area contributed by atoms with E-state index in [1.54, 1.807) is 7.11 Å². The Morgan fingerprint density at radius 2 is 1.94 bits per heavy atom. The van der Waals surface area contributed by atoms with Gasteiger partial charge in [0.2, 0.25) is 0 Å². The highest BCUT2D eigenvalue weighted by Crippen LogP contribution is 2.14. The van der Waals surface area contributed by atoms with Gasteiger partial charge in [-0.2, -0.15) is 0 Å². The molecule has 0 heterocycles. The van der Waals surface area contributed by atoms with Gasteiger partial charge in [0, 0.05) is 13.7 Å². The molecular weight excluding hydrogens is 207 g/mol. The van der Waals surface area contributed by atoms with Crippen molar-refractivity contribution in [3.8, 4) is 0 Å². The largest absolute Gasteiger partial charge is 0.396 e. The number of aliphatic hydroxyl groups excluding tert-OH is 2. The first kappa shape index (κ1) is 15.9. The summed E-state index contributed by atoms with van der Waals surface area (Å²) < 4.78 is 10.8. The van der Waals surface area contributed by atoms with Crippen molar-refractivity contribution in [2.45, 2.75) is 57.4 Å². The lowest BCUT2D eigenvalue weighted by atomic mass is 9.94. The molecule has 5 heteroatoms. The zero-order chi connectivity index (χ0) is 12.4. The summed E-state index contributed by atoms with van der Waals surface area (Å²) in [6.07, 6.45) is 3.06. The van der Waals surface area contributed by atoms with Crippen LogP contribution in [0.15, 0.2) is 0 Å². The maximum absolute atomic E-state index is 9.55. The molecule has 0 fully saturated rings. The minimum Gasteiger partial charge on any atom is -0.396 e. The molecule has 0 rings (SSSR count). The van der Waals surface area contributed by atoms with Gasteiger partial charge in [-0.25, -0.2) is 0 Å². The number of ether oxygens (including phenoxy) is 2. The Kier molecular flexibility index (Phi) is 10.0. The fourth-order valence-electron chi connectivity index (χ4n) is 1.62. The van der Waals surface area contributed by atoms with Gasteiger partial charge in [0.1, 0.15) is 7.85 Å². The van der Waals surface area contributed by atoms with E-state index in [1.807, 2.05) is 14.8 Å². The topological polar surface area (TPSA) is 58.9 Å². The molecule has 0 aliphatic rings. The van der Waals surface area contributed by atoms with Crippen LogP contribution in [0.2, 0.25) is 6.32 Å². The van der Waals surface area contributed by atoms with Crippen molar-refractivity contribution in [1.29, 1.82) is 0 Å². The second-order valence-electron chi connectivity index (χ2n) is 4.02. The second kappa shape index (κ2) is 10.1. The van der Waals surface area contributed by atoms with Crippen LogP contribution >= 0.6 is 0 Å². The van der Waals surface area contributed by atoms with Gasteiger partial charge >= 0.3 is 0 Å². The summed E-state index contributed by atoms with van der Waals surface area (Å²) in [5.41, 5.74) is 0. The number of hydrogen-bond acceptors (Lipinski definition) is 4. The summed E-state index contributed by atoms with van der Waals surface area (Å²) in [5.74, 6) is 0. The summed E-state index contributed by atoms with van der Waals surface area (Å²) >= 11 is 0. The van der Waals surface area contributed by atoms with E-state index in [9.17, 15) is 5.11 Å². The molecule has 16 heavy (non-hydrogen) atoms. The van der Waals surface area contributed by atoms with Crippen LogP contribution in [0.3, 0.4) is 0 Å². The van der Waals surface area contributed by atoms with Crippen LogP contribution in [-0.4, -0.2) is 50.3 Å². The minimum absolute atomic E-state index is 0.00181. The van der Waals surface area contributed by atoms with Crippen molar-refractivity contribution in [3.63, 3.8) is 0 Å². The molecule has 0 saturated carbocycles. The molecule has 0 radical (unpaired) electrons. The van der Waals surface area contributed by atoms with Crippen molar-refractivity contribution < 1.29 is 19.7 Å². The number of hydrogen-bond donors (Lipinski definition) is 2. The highest BCUT2D eigenvalue weighted by molar-refractivity contribution is 6.08. The van der Waals surface area contributed by atoms with Crippen LogP contribution in [0.5, 0.6) is 0 Å². The summed E-state index contributed by atoms with van der Waals surface area (Å²) in [6.45, 7) is 2.13. The third-order valence-corrected chi connectivity index (χ3v) is 2.65. The van der Waals surface area contributed by atoms with Crippen molar-refractivity contribution in [2.24, 2.45) is 0 Å². The Balaban J connectivity index is 3.96. The van der Waals surface area contributed by atoms with Gasteiger partial charge in [0.25, 0.3) is 0 Å². The van der Waals surface area contributed by atoms with Gasteiger partial charge in [-0.1, -0.05) is 19.7 Å². The molecule has 0 aliphatic carbocycles. The van der Waals surface area contributed by atoms with Crippen molar-refractivity contribution >= 4 is 7.85 Å². The summed E-state index contributed by atoms with van der Waals surface area (Å²) in [6, 6.07) is 0. The predicted octanol–water partition coefficient (Wildman–Crippen LogP) is 0.329. The highest BCUT2D eigenvalue weighted by Gasteiger charge is 2.17. The molecular formula is C11H25BO4. The highest BCUT2D eigenvalue weighted by atomic mass is 16.6. The van der Waals surface area contributed by atoms with E-state index in [-0.39, 0.29) is 18.8 Å². The average Bonchev–Trinajstić information content (AvgIpc) is 2.27. The molecule has 0 saturated heterocycles. The molecule has 3 unspecified atom stereocenters. The molecule has 0 aliphatic heterocycles. The summed E-state index contributed by atoms with van der Waals surface area (Å²) in [5, 5.41) is 18.4. The smallest absolute Gasteiger partial charge is 0.154 e. The lowest BCUT2D eigenvalue weighted by Gasteiger charge is -2.24. The first-order chi connectivity index (χ1) is 7.67. The molecule has 2 N–H and O–H groups in total. The number of aliphatic hydroxyl groups is 2. The summed E-state index contributed by atoms with van der Waals surface area (Å²) in [4.78, 5) is 0. The second-order valence-corrected chi connectivity index (χ2v) is 4.02. The van der Waals surface area contributed by atoms with E-state index in [4.69, 9.17) is 14.6 Å². The number of rotatable bonds is 10. The van der Waals surface area contributed by atoms with Crippen LogP contribution < -0.4 is 0 Å². The van der Waals surface area contributed by atoms with Crippen molar-refractivity contribution in [2.75, 3.05) is 13.7 Å². The van der Waals surface area contributed by atoms with Crippen LogP contribution in [0, 0.1) is 0 Å². The Morgan fingerprint density at radius 3 is 2.38 bits per heavy atom. The van der Waals surface area contributed by atoms with E-state index < -0.39 is 6.29 Å². The van der Waals surface area contributed by atoms with Crippen molar-refractivity contribution in [1.82, 2.24) is 0 Å². The van der Waals surface area contributed by atoms with E-state index in [2.05, 4.69) is 0 Å². The molecule has 0 bridgehead atoms. The lowest BCUT2D eigenvalue weighted by Crippen LogP contribution is -2.27. The monoisotopic (exact) mass is 232 g/mol. The molecule has 0 aromatic heterocycles. The van der Waals surface area contributed by atoms with Gasteiger partial charge in [-0.05, 0) is 19.3 Å². The van der Waals surface area contributed by atoms with Gasteiger partial charge in [-0.3, -0.25) is 0 Å². The minimum atomic E-state index is -0.679. The van der Waals surface area contributed by atoms with Gasteiger partial charge in [-0.15, -0.1) is 0 Å². The first-order valence-electron chi connectivity index (χ1n) is 6.15. The molecule has 0 aromatic rings. The normalized spacial score (nSPS) is 17.0. The lowest BCUT2D eigenvalue weighted by molar-refractivity contribution is -0.143. The van der Waals surface area contributed by atoms with E-state index in [1.165, 1.54) is 0 Å². The van der Waals surface area contributed by atoms with Crippen LogP contribution in [0.25, 0.3) is 0 Å². The molecule has 0 aromatic carbocycles. The maximum Gasteiger partial charge on any atom is 0.154 e. The Morgan fingerprint density at radius 1 is 1.25 bits per heavy atom. The summed E-state index contributed by atoms with van der Waals surface area (Å²) in [7, 11) is 3.66. The van der Waals surface area contributed by atoms with Crippen molar-refractivity contribution in [3.05, 3.63) is 0 Å². The SMILES string of the molecule is BCC(CC(CCO)OC)OC(O)CCC. The first-order valence-corrected chi connectivity index (χ1v) is 6.15. The Hall–Kier alpha value is -0.0951. The number of methoxy groups -OCH3 is 1. The molecule has 0 spiro atoms. The third kappa shape index (κ3) is 7.22. The van der Waals surface area contributed by atoms with Gasteiger partial charge < -0.3 is 19.7 Å². The molecule has 96 valence electrons. The van der Waals surface area contributed by atoms with Crippen LogP contribution in [-0.2, 0) is 9.47 Å². The van der Waals surface area contributed by atoms with E-state index in [0.717, 1.165) is 12.7 Å². The molecule has 3 atom stereocenters. The van der Waals surface area contributed by atoms with E-state index >= 15 is 0 Å². The zero-order valence-electron chi connectivity index (χ0n) is 10.7. The Labute approximate surface area is 99.4 Å². The fraction of sp³-hybridized carbons (Fsp3) is 1.00. The fourth-order valence-corrected chi connectivity index (χ4v) is 1.62. The maximum atomic E-state index is 9.55. The molecule has 0 amide bonds. The third-order valence-electron chi connectivity index (χ3n) is 2.65. The van der Waals surface area contributed by atoms with E-state index in [0.29, 0.717) is 19.3 Å². The van der Waals surface area contributed by atoms with Gasteiger partial charge in [0.05, 0.1) is 12.2 Å². The van der Waals surface area contributed by atoms with Crippen LogP contribution in [0.4, 0.5) is 0 Å². The van der Waals surface area contributed by atoms with Crippen LogP contribution in [0.1, 0.15) is 32.6 Å². The standard InChI is InChI=1S/C11H25BO4/c1-3-4-11(14)16-10(8-12)7-9(15-2)5-6-13/h9-11,13-14H,3-8,12H2,1-2H3. The van der Waals surface area contributed by atoms with Gasteiger partial charge in [0.15, 0.2) is 6.29 Å². The average molecular weight is 232 g/mol. The predicted molar refractivity (Wildman–Crippen MR) is 66.3 cm³/mol. The Bertz CT molecular complexity index is 157. The molecule has 4 nitrogen and oxygen atoms in total. The zero-order valence-corrected chi connectivity index (χ0v) is 10.7. The quantitative estimate of drug-likeness (QED) is 0.421.